The summed E-state index contributed by atoms with van der Waals surface area (Å²) in [7, 11) is 3.50. The number of likely N-dealkylation sites (tertiary alicyclic amines) is 1. The number of piperidine rings is 1. The van der Waals surface area contributed by atoms with E-state index >= 15 is 0 Å². The number of carbonyl (C=O) groups is 2. The first-order valence-electron chi connectivity index (χ1n) is 10.5. The summed E-state index contributed by atoms with van der Waals surface area (Å²) in [6.07, 6.45) is 1.33. The Morgan fingerprint density at radius 1 is 1.13 bits per heavy atom. The van der Waals surface area contributed by atoms with Gasteiger partial charge in [0.15, 0.2) is 0 Å². The summed E-state index contributed by atoms with van der Waals surface area (Å²) in [6, 6.07) is 10.0. The van der Waals surface area contributed by atoms with Crippen LogP contribution in [0, 0.1) is 12.8 Å². The predicted octanol–water partition coefficient (Wildman–Crippen LogP) is 3.81. The molecule has 30 heavy (non-hydrogen) atoms. The normalized spacial score (nSPS) is 15.2. The summed E-state index contributed by atoms with van der Waals surface area (Å²) in [6.45, 7) is 9.56. The molecule has 1 saturated heterocycles. The van der Waals surface area contributed by atoms with Crippen LogP contribution in [0.25, 0.3) is 5.69 Å². The molecule has 3 rings (SSSR count). The standard InChI is InChI=1S/C23H33N5O2/c1-16-8-7-9-18(14-16)28-20(15-19(25-28)23(2,3)4)24-21(29)17-10-12-27(13-11-17)22(30)26(5)6/h7-9,14-15,17H,10-13H2,1-6H3,(H,24,29). The number of benzene rings is 1. The number of rotatable bonds is 3. The summed E-state index contributed by atoms with van der Waals surface area (Å²) >= 11 is 0. The molecule has 1 aromatic carbocycles. The summed E-state index contributed by atoms with van der Waals surface area (Å²) in [5, 5.41) is 7.89. The molecule has 0 unspecified atom stereocenters. The number of hydrogen-bond donors (Lipinski definition) is 1. The third kappa shape index (κ3) is 4.83. The van der Waals surface area contributed by atoms with Crippen LogP contribution in [0.15, 0.2) is 30.3 Å². The largest absolute Gasteiger partial charge is 0.331 e. The fraction of sp³-hybridized carbons (Fsp3) is 0.522. The molecule has 0 saturated carbocycles. The van der Waals surface area contributed by atoms with Crippen LogP contribution < -0.4 is 5.32 Å². The zero-order valence-electron chi connectivity index (χ0n) is 18.9. The highest BCUT2D eigenvalue weighted by Gasteiger charge is 2.29. The lowest BCUT2D eigenvalue weighted by atomic mass is 9.92. The maximum absolute atomic E-state index is 13.0. The second kappa shape index (κ2) is 8.50. The van der Waals surface area contributed by atoms with Crippen molar-refractivity contribution >= 4 is 17.8 Å². The van der Waals surface area contributed by atoms with Crippen LogP contribution in [0.3, 0.4) is 0 Å². The van der Waals surface area contributed by atoms with E-state index in [0.29, 0.717) is 31.7 Å². The first kappa shape index (κ1) is 21.9. The second-order valence-electron chi connectivity index (χ2n) is 9.34. The highest BCUT2D eigenvalue weighted by molar-refractivity contribution is 5.92. The Morgan fingerprint density at radius 2 is 1.80 bits per heavy atom. The first-order chi connectivity index (χ1) is 14.1. The molecular formula is C23H33N5O2. The van der Waals surface area contributed by atoms with Crippen molar-refractivity contribution in [2.75, 3.05) is 32.5 Å². The monoisotopic (exact) mass is 411 g/mol. The van der Waals surface area contributed by atoms with Crippen LogP contribution in [0.1, 0.15) is 44.9 Å². The van der Waals surface area contributed by atoms with Gasteiger partial charge >= 0.3 is 6.03 Å². The minimum absolute atomic E-state index is 0.00111. The van der Waals surface area contributed by atoms with Gasteiger partial charge in [-0.2, -0.15) is 5.10 Å². The topological polar surface area (TPSA) is 70.5 Å². The number of hydrogen-bond acceptors (Lipinski definition) is 3. The van der Waals surface area contributed by atoms with Crippen molar-refractivity contribution in [1.29, 1.82) is 0 Å². The summed E-state index contributed by atoms with van der Waals surface area (Å²) in [4.78, 5) is 28.5. The van der Waals surface area contributed by atoms with Gasteiger partial charge in [0.1, 0.15) is 5.82 Å². The molecule has 3 amide bonds. The highest BCUT2D eigenvalue weighted by Crippen LogP contribution is 2.28. The van der Waals surface area contributed by atoms with Crippen molar-refractivity contribution in [1.82, 2.24) is 19.6 Å². The van der Waals surface area contributed by atoms with E-state index in [9.17, 15) is 9.59 Å². The van der Waals surface area contributed by atoms with Gasteiger partial charge in [0, 0.05) is 44.6 Å². The molecule has 0 aliphatic carbocycles. The number of nitrogens with one attached hydrogen (secondary N) is 1. The lowest BCUT2D eigenvalue weighted by Gasteiger charge is -2.33. The van der Waals surface area contributed by atoms with Gasteiger partial charge in [-0.05, 0) is 37.5 Å². The van der Waals surface area contributed by atoms with Gasteiger partial charge in [-0.1, -0.05) is 32.9 Å². The number of amides is 3. The van der Waals surface area contributed by atoms with Crippen molar-refractivity contribution in [2.24, 2.45) is 5.92 Å². The SMILES string of the molecule is Cc1cccc(-n2nc(C(C)(C)C)cc2NC(=O)C2CCN(C(=O)N(C)C)CC2)c1. The van der Waals surface area contributed by atoms with E-state index in [1.807, 2.05) is 35.9 Å². The lowest BCUT2D eigenvalue weighted by Crippen LogP contribution is -2.45. The third-order valence-electron chi connectivity index (χ3n) is 5.49. The maximum atomic E-state index is 13.0. The minimum Gasteiger partial charge on any atom is -0.331 e. The molecule has 162 valence electrons. The van der Waals surface area contributed by atoms with Crippen molar-refractivity contribution in [3.63, 3.8) is 0 Å². The maximum Gasteiger partial charge on any atom is 0.319 e. The average molecular weight is 412 g/mol. The Balaban J connectivity index is 1.78. The molecule has 0 radical (unpaired) electrons. The lowest BCUT2D eigenvalue weighted by molar-refractivity contribution is -0.121. The van der Waals surface area contributed by atoms with Crippen LogP contribution >= 0.6 is 0 Å². The molecule has 0 atom stereocenters. The molecule has 0 spiro atoms. The van der Waals surface area contributed by atoms with E-state index in [-0.39, 0.29) is 23.3 Å². The fourth-order valence-corrected chi connectivity index (χ4v) is 3.64. The molecule has 0 bridgehead atoms. The minimum atomic E-state index is -0.133. The molecule has 2 aromatic rings. The molecular weight excluding hydrogens is 378 g/mol. The quantitative estimate of drug-likeness (QED) is 0.835. The van der Waals surface area contributed by atoms with E-state index in [1.165, 1.54) is 0 Å². The van der Waals surface area contributed by atoms with Crippen LogP contribution in [0.4, 0.5) is 10.6 Å². The number of aryl methyl sites for hydroxylation is 1. The molecule has 7 heteroatoms. The van der Waals surface area contributed by atoms with Crippen molar-refractivity contribution in [3.8, 4) is 5.69 Å². The number of aromatic nitrogens is 2. The van der Waals surface area contributed by atoms with E-state index in [1.54, 1.807) is 23.9 Å². The van der Waals surface area contributed by atoms with Crippen LogP contribution in [0.5, 0.6) is 0 Å². The fourth-order valence-electron chi connectivity index (χ4n) is 3.64. The van der Waals surface area contributed by atoms with E-state index < -0.39 is 0 Å². The van der Waals surface area contributed by atoms with Crippen LogP contribution in [-0.4, -0.2) is 58.7 Å². The first-order valence-corrected chi connectivity index (χ1v) is 10.5. The van der Waals surface area contributed by atoms with Gasteiger partial charge < -0.3 is 15.1 Å². The van der Waals surface area contributed by atoms with Crippen LogP contribution in [0.2, 0.25) is 0 Å². The smallest absolute Gasteiger partial charge is 0.319 e. The number of carbonyl (C=O) groups excluding carboxylic acids is 2. The summed E-state index contributed by atoms with van der Waals surface area (Å²) in [5.41, 5.74) is 2.85. The molecule has 1 aliphatic heterocycles. The Morgan fingerprint density at radius 3 is 2.37 bits per heavy atom. The Kier molecular flexibility index (Phi) is 6.19. The van der Waals surface area contributed by atoms with Gasteiger partial charge in [0.05, 0.1) is 11.4 Å². The van der Waals surface area contributed by atoms with Gasteiger partial charge in [0.2, 0.25) is 5.91 Å². The van der Waals surface area contributed by atoms with Gasteiger partial charge in [-0.3, -0.25) is 4.79 Å². The number of anilines is 1. The number of nitrogens with zero attached hydrogens (tertiary/aromatic N) is 4. The van der Waals surface area contributed by atoms with Crippen molar-refractivity contribution < 1.29 is 9.59 Å². The molecule has 1 fully saturated rings. The van der Waals surface area contributed by atoms with E-state index in [0.717, 1.165) is 16.9 Å². The van der Waals surface area contributed by atoms with Crippen LogP contribution in [-0.2, 0) is 10.2 Å². The Labute approximate surface area is 179 Å². The molecule has 2 heterocycles. The van der Waals surface area contributed by atoms with E-state index in [4.69, 9.17) is 5.10 Å². The zero-order chi connectivity index (χ0) is 22.1. The van der Waals surface area contributed by atoms with Crippen molar-refractivity contribution in [3.05, 3.63) is 41.6 Å². The number of urea groups is 1. The van der Waals surface area contributed by atoms with Gasteiger partial charge in [-0.15, -0.1) is 0 Å². The van der Waals surface area contributed by atoms with Crippen molar-refractivity contribution in [2.45, 2.75) is 46.0 Å². The zero-order valence-corrected chi connectivity index (χ0v) is 18.9. The third-order valence-corrected chi connectivity index (χ3v) is 5.49. The summed E-state index contributed by atoms with van der Waals surface area (Å²) in [5.74, 6) is 0.554. The van der Waals surface area contributed by atoms with Gasteiger partial charge in [0.25, 0.3) is 0 Å². The van der Waals surface area contributed by atoms with E-state index in [2.05, 4.69) is 32.2 Å². The molecule has 7 nitrogen and oxygen atoms in total. The Hall–Kier alpha value is -2.83. The molecule has 1 aliphatic rings. The second-order valence-corrected chi connectivity index (χ2v) is 9.34. The van der Waals surface area contributed by atoms with Gasteiger partial charge in [-0.25, -0.2) is 9.48 Å². The predicted molar refractivity (Wildman–Crippen MR) is 119 cm³/mol. The Bertz CT molecular complexity index is 918. The molecule has 1 aromatic heterocycles. The highest BCUT2D eigenvalue weighted by atomic mass is 16.2. The average Bonchev–Trinajstić information content (AvgIpc) is 3.11. The molecule has 1 N–H and O–H groups in total. The summed E-state index contributed by atoms with van der Waals surface area (Å²) < 4.78 is 1.82.